The second-order valence-electron chi connectivity index (χ2n) is 4.84. The normalized spacial score (nSPS) is 14.0. The van der Waals surface area contributed by atoms with Gasteiger partial charge in [-0.15, -0.1) is 0 Å². The highest BCUT2D eigenvalue weighted by Gasteiger charge is 2.20. The molecule has 0 aliphatic heterocycles. The van der Waals surface area contributed by atoms with Gasteiger partial charge in [0, 0.05) is 6.61 Å². The fourth-order valence-corrected chi connectivity index (χ4v) is 1.79. The maximum Gasteiger partial charge on any atom is 0.0482 e. The quantitative estimate of drug-likeness (QED) is 0.776. The minimum Gasteiger partial charge on any atom is -0.396 e. The second kappa shape index (κ2) is 4.61. The summed E-state index contributed by atoms with van der Waals surface area (Å²) >= 11 is 0. The van der Waals surface area contributed by atoms with Crippen molar-refractivity contribution < 1.29 is 5.11 Å². The van der Waals surface area contributed by atoms with Crippen molar-refractivity contribution in [3.63, 3.8) is 0 Å². The average Bonchev–Trinajstić information content (AvgIpc) is 2.19. The predicted octanol–water partition coefficient (Wildman–Crippen LogP) is 3.20. The lowest BCUT2D eigenvalue weighted by Gasteiger charge is -2.25. The molecule has 0 fully saturated rings. The van der Waals surface area contributed by atoms with E-state index in [1.54, 1.807) is 0 Å². The molecule has 0 aromatic heterocycles. The van der Waals surface area contributed by atoms with Crippen LogP contribution in [0.4, 0.5) is 0 Å². The van der Waals surface area contributed by atoms with E-state index in [2.05, 4.69) is 45.0 Å². The molecule has 0 aliphatic rings. The van der Waals surface area contributed by atoms with Gasteiger partial charge in [-0.25, -0.2) is 0 Å². The summed E-state index contributed by atoms with van der Waals surface area (Å²) in [5.74, 6) is 0.512. The monoisotopic (exact) mass is 192 g/mol. The maximum atomic E-state index is 9.19. The third kappa shape index (κ3) is 3.15. The minimum absolute atomic E-state index is 0.0231. The van der Waals surface area contributed by atoms with E-state index in [1.165, 1.54) is 5.56 Å². The first-order valence-electron chi connectivity index (χ1n) is 5.21. The first-order valence-corrected chi connectivity index (χ1v) is 5.21. The SMILES string of the molecule is C[C@H](CC(C)(C)CO)c1ccccc1. The van der Waals surface area contributed by atoms with E-state index in [0.717, 1.165) is 6.42 Å². The van der Waals surface area contributed by atoms with Crippen LogP contribution in [0.15, 0.2) is 30.3 Å². The van der Waals surface area contributed by atoms with Gasteiger partial charge in [-0.05, 0) is 23.3 Å². The standard InChI is InChI=1S/C13H20O/c1-11(9-13(2,3)10-14)12-7-5-4-6-8-12/h4-8,11,14H,9-10H2,1-3H3/t11-/m1/s1. The van der Waals surface area contributed by atoms with Crippen LogP contribution in [0.25, 0.3) is 0 Å². The number of hydrogen-bond donors (Lipinski definition) is 1. The molecule has 0 unspecified atom stereocenters. The van der Waals surface area contributed by atoms with Gasteiger partial charge in [-0.3, -0.25) is 0 Å². The topological polar surface area (TPSA) is 20.2 Å². The van der Waals surface area contributed by atoms with Crippen LogP contribution in [0.1, 0.15) is 38.7 Å². The van der Waals surface area contributed by atoms with Gasteiger partial charge in [-0.1, -0.05) is 51.1 Å². The summed E-state index contributed by atoms with van der Waals surface area (Å²) in [5.41, 5.74) is 1.38. The summed E-state index contributed by atoms with van der Waals surface area (Å²) < 4.78 is 0. The van der Waals surface area contributed by atoms with Crippen molar-refractivity contribution in [2.24, 2.45) is 5.41 Å². The zero-order valence-electron chi connectivity index (χ0n) is 9.33. The Morgan fingerprint density at radius 1 is 1.21 bits per heavy atom. The van der Waals surface area contributed by atoms with E-state index in [-0.39, 0.29) is 12.0 Å². The summed E-state index contributed by atoms with van der Waals surface area (Å²) in [6.07, 6.45) is 1.02. The number of benzene rings is 1. The van der Waals surface area contributed by atoms with E-state index in [9.17, 15) is 5.11 Å². The van der Waals surface area contributed by atoms with Crippen molar-refractivity contribution in [1.82, 2.24) is 0 Å². The van der Waals surface area contributed by atoms with Crippen LogP contribution in [0.2, 0.25) is 0 Å². The molecular formula is C13H20O. The highest BCUT2D eigenvalue weighted by atomic mass is 16.3. The van der Waals surface area contributed by atoms with Gasteiger partial charge in [0.2, 0.25) is 0 Å². The fourth-order valence-electron chi connectivity index (χ4n) is 1.79. The van der Waals surface area contributed by atoms with Crippen LogP contribution in [0, 0.1) is 5.41 Å². The predicted molar refractivity (Wildman–Crippen MR) is 60.3 cm³/mol. The molecule has 0 spiro atoms. The van der Waals surface area contributed by atoms with Gasteiger partial charge in [0.15, 0.2) is 0 Å². The average molecular weight is 192 g/mol. The summed E-state index contributed by atoms with van der Waals surface area (Å²) in [6.45, 7) is 6.68. The van der Waals surface area contributed by atoms with E-state index in [1.807, 2.05) is 6.07 Å². The molecule has 1 heteroatoms. The third-order valence-corrected chi connectivity index (χ3v) is 2.66. The molecule has 1 nitrogen and oxygen atoms in total. The van der Waals surface area contributed by atoms with E-state index >= 15 is 0 Å². The van der Waals surface area contributed by atoms with Crippen molar-refractivity contribution in [1.29, 1.82) is 0 Å². The highest BCUT2D eigenvalue weighted by molar-refractivity contribution is 5.18. The first-order chi connectivity index (χ1) is 6.55. The molecule has 0 saturated carbocycles. The van der Waals surface area contributed by atoms with E-state index < -0.39 is 0 Å². The van der Waals surface area contributed by atoms with Gasteiger partial charge in [0.1, 0.15) is 0 Å². The third-order valence-electron chi connectivity index (χ3n) is 2.66. The van der Waals surface area contributed by atoms with Gasteiger partial charge in [0.05, 0.1) is 0 Å². The molecule has 0 saturated heterocycles. The van der Waals surface area contributed by atoms with Gasteiger partial charge in [-0.2, -0.15) is 0 Å². The molecule has 0 amide bonds. The number of hydrogen-bond acceptors (Lipinski definition) is 1. The Labute approximate surface area is 86.8 Å². The molecule has 1 atom stereocenters. The lowest BCUT2D eigenvalue weighted by atomic mass is 9.81. The Hall–Kier alpha value is -0.820. The zero-order chi connectivity index (χ0) is 10.6. The minimum atomic E-state index is 0.0231. The summed E-state index contributed by atoms with van der Waals surface area (Å²) in [5, 5.41) is 9.19. The summed E-state index contributed by atoms with van der Waals surface area (Å²) in [7, 11) is 0. The molecule has 0 radical (unpaired) electrons. The van der Waals surface area contributed by atoms with Gasteiger partial charge < -0.3 is 5.11 Å². The molecule has 78 valence electrons. The van der Waals surface area contributed by atoms with Gasteiger partial charge >= 0.3 is 0 Å². The molecule has 1 rings (SSSR count). The Morgan fingerprint density at radius 3 is 2.29 bits per heavy atom. The second-order valence-corrected chi connectivity index (χ2v) is 4.84. The van der Waals surface area contributed by atoms with Crippen molar-refractivity contribution in [3.05, 3.63) is 35.9 Å². The fraction of sp³-hybridized carbons (Fsp3) is 0.538. The number of rotatable bonds is 4. The maximum absolute atomic E-state index is 9.19. The Bertz CT molecular complexity index is 264. The molecule has 0 aliphatic carbocycles. The molecule has 0 bridgehead atoms. The van der Waals surface area contributed by atoms with Crippen LogP contribution in [0.5, 0.6) is 0 Å². The molecular weight excluding hydrogens is 172 g/mol. The van der Waals surface area contributed by atoms with Crippen LogP contribution >= 0.6 is 0 Å². The molecule has 0 heterocycles. The zero-order valence-corrected chi connectivity index (χ0v) is 9.33. The smallest absolute Gasteiger partial charge is 0.0482 e. The van der Waals surface area contributed by atoms with Crippen LogP contribution < -0.4 is 0 Å². The molecule has 1 N–H and O–H groups in total. The lowest BCUT2D eigenvalue weighted by Crippen LogP contribution is -2.19. The first kappa shape index (κ1) is 11.3. The number of aliphatic hydroxyl groups excluding tert-OH is 1. The highest BCUT2D eigenvalue weighted by Crippen LogP contribution is 2.30. The van der Waals surface area contributed by atoms with Crippen LogP contribution in [0.3, 0.4) is 0 Å². The largest absolute Gasteiger partial charge is 0.396 e. The Balaban J connectivity index is 2.64. The molecule has 1 aromatic rings. The van der Waals surface area contributed by atoms with E-state index in [4.69, 9.17) is 0 Å². The lowest BCUT2D eigenvalue weighted by molar-refractivity contribution is 0.143. The van der Waals surface area contributed by atoms with E-state index in [0.29, 0.717) is 5.92 Å². The summed E-state index contributed by atoms with van der Waals surface area (Å²) in [4.78, 5) is 0. The van der Waals surface area contributed by atoms with Crippen molar-refractivity contribution in [3.8, 4) is 0 Å². The summed E-state index contributed by atoms with van der Waals surface area (Å²) in [6, 6.07) is 10.5. The molecule has 1 aromatic carbocycles. The van der Waals surface area contributed by atoms with Crippen molar-refractivity contribution in [2.45, 2.75) is 33.1 Å². The Morgan fingerprint density at radius 2 is 1.79 bits per heavy atom. The number of aliphatic hydroxyl groups is 1. The van der Waals surface area contributed by atoms with Crippen LogP contribution in [-0.2, 0) is 0 Å². The van der Waals surface area contributed by atoms with Crippen molar-refractivity contribution >= 4 is 0 Å². The van der Waals surface area contributed by atoms with Crippen molar-refractivity contribution in [2.75, 3.05) is 6.61 Å². The van der Waals surface area contributed by atoms with Gasteiger partial charge in [0.25, 0.3) is 0 Å². The molecule has 14 heavy (non-hydrogen) atoms. The Kier molecular flexibility index (Phi) is 3.70. The van der Waals surface area contributed by atoms with Crippen LogP contribution in [-0.4, -0.2) is 11.7 Å².